The molecule has 2 N–H and O–H groups in total. The molecule has 0 fully saturated rings. The van der Waals surface area contributed by atoms with Gasteiger partial charge >= 0.3 is 5.69 Å². The third-order valence-corrected chi connectivity index (χ3v) is 2.60. The van der Waals surface area contributed by atoms with Crippen LogP contribution in [0.3, 0.4) is 0 Å². The van der Waals surface area contributed by atoms with Crippen molar-refractivity contribution >= 4 is 0 Å². The lowest BCUT2D eigenvalue weighted by Crippen LogP contribution is -2.27. The first-order valence-corrected chi connectivity index (χ1v) is 8.62. The summed E-state index contributed by atoms with van der Waals surface area (Å²) in [5.74, 6) is 0. The van der Waals surface area contributed by atoms with Gasteiger partial charge in [0.2, 0.25) is 0 Å². The van der Waals surface area contributed by atoms with Crippen molar-refractivity contribution in [3.05, 3.63) is 65.4 Å². The van der Waals surface area contributed by atoms with Crippen LogP contribution in [0.15, 0.2) is 59.7 Å². The second kappa shape index (κ2) is 20.0. The summed E-state index contributed by atoms with van der Waals surface area (Å²) in [6.07, 6.45) is 5.50. The SMILES string of the molecule is C=C/C=C(\C=C)Cn1cnn(CC(CN)=C(F)F)c1=O.CC.CCC.CF. The van der Waals surface area contributed by atoms with Crippen LogP contribution in [-0.4, -0.2) is 28.1 Å². The highest BCUT2D eigenvalue weighted by Crippen LogP contribution is 2.07. The number of nitrogens with two attached hydrogens (primary N) is 1. The minimum absolute atomic E-state index is 0.244. The van der Waals surface area contributed by atoms with Crippen LogP contribution in [0.1, 0.15) is 34.1 Å². The van der Waals surface area contributed by atoms with Crippen LogP contribution >= 0.6 is 0 Å². The van der Waals surface area contributed by atoms with Crippen molar-refractivity contribution in [2.24, 2.45) is 5.73 Å². The Morgan fingerprint density at radius 3 is 2.11 bits per heavy atom. The zero-order chi connectivity index (χ0) is 21.8. The van der Waals surface area contributed by atoms with E-state index in [4.69, 9.17) is 5.73 Å². The molecular formula is C19H33F3N4O. The van der Waals surface area contributed by atoms with E-state index in [9.17, 15) is 18.0 Å². The molecule has 1 aromatic heterocycles. The maximum atomic E-state index is 12.5. The van der Waals surface area contributed by atoms with E-state index in [0.29, 0.717) is 7.18 Å². The molecular weight excluding hydrogens is 357 g/mol. The van der Waals surface area contributed by atoms with Crippen LogP contribution in [0, 0.1) is 0 Å². The number of alkyl halides is 1. The van der Waals surface area contributed by atoms with Crippen LogP contribution in [0.4, 0.5) is 13.2 Å². The largest absolute Gasteiger partial charge is 0.346 e. The van der Waals surface area contributed by atoms with Gasteiger partial charge in [-0.15, -0.1) is 0 Å². The lowest BCUT2D eigenvalue weighted by Gasteiger charge is -2.03. The molecule has 1 heterocycles. The maximum absolute atomic E-state index is 12.5. The summed E-state index contributed by atoms with van der Waals surface area (Å²) >= 11 is 0. The number of allylic oxidation sites excluding steroid dienone is 4. The maximum Gasteiger partial charge on any atom is 0.346 e. The average Bonchev–Trinajstić information content (AvgIpc) is 3.02. The summed E-state index contributed by atoms with van der Waals surface area (Å²) in [6.45, 7) is 15.0. The van der Waals surface area contributed by atoms with Crippen LogP contribution in [0.2, 0.25) is 0 Å². The second-order valence-corrected chi connectivity index (χ2v) is 4.66. The van der Waals surface area contributed by atoms with E-state index >= 15 is 0 Å². The van der Waals surface area contributed by atoms with Gasteiger partial charge in [0.1, 0.15) is 6.33 Å². The lowest BCUT2D eigenvalue weighted by atomic mass is 10.2. The number of hydrogen-bond acceptors (Lipinski definition) is 3. The normalized spacial score (nSPS) is 9.44. The summed E-state index contributed by atoms with van der Waals surface area (Å²) in [6, 6.07) is 0. The fourth-order valence-electron chi connectivity index (χ4n) is 1.50. The van der Waals surface area contributed by atoms with Crippen LogP contribution < -0.4 is 11.4 Å². The molecule has 5 nitrogen and oxygen atoms in total. The van der Waals surface area contributed by atoms with E-state index in [1.54, 1.807) is 18.2 Å². The van der Waals surface area contributed by atoms with Gasteiger partial charge in [-0.1, -0.05) is 65.5 Å². The van der Waals surface area contributed by atoms with Gasteiger partial charge in [-0.2, -0.15) is 13.9 Å². The highest BCUT2D eigenvalue weighted by atomic mass is 19.3. The smallest absolute Gasteiger partial charge is 0.327 e. The van der Waals surface area contributed by atoms with Crippen molar-refractivity contribution in [3.63, 3.8) is 0 Å². The Hall–Kier alpha value is -2.35. The molecule has 0 saturated carbocycles. The average molecular weight is 390 g/mol. The molecule has 1 aromatic rings. The first-order chi connectivity index (χ1) is 12.9. The lowest BCUT2D eigenvalue weighted by molar-refractivity contribution is 0.400. The summed E-state index contributed by atoms with van der Waals surface area (Å²) in [5, 5.41) is 3.79. The third-order valence-electron chi connectivity index (χ3n) is 2.60. The summed E-state index contributed by atoms with van der Waals surface area (Å²) < 4.78 is 36.7. The summed E-state index contributed by atoms with van der Waals surface area (Å²) in [5.41, 5.74) is 5.15. The molecule has 0 spiro atoms. The van der Waals surface area contributed by atoms with Gasteiger partial charge in [0, 0.05) is 12.1 Å². The van der Waals surface area contributed by atoms with Crippen molar-refractivity contribution in [1.29, 1.82) is 0 Å². The Balaban J connectivity index is -0.000000725. The Bertz CT molecular complexity index is 603. The predicted octanol–water partition coefficient (Wildman–Crippen LogP) is 4.48. The first-order valence-electron chi connectivity index (χ1n) is 8.62. The molecule has 0 aliphatic heterocycles. The van der Waals surface area contributed by atoms with Crippen LogP contribution in [-0.2, 0) is 13.1 Å². The van der Waals surface area contributed by atoms with E-state index in [1.165, 1.54) is 17.3 Å². The van der Waals surface area contributed by atoms with E-state index in [1.807, 2.05) is 13.8 Å². The quantitative estimate of drug-likeness (QED) is 0.698. The molecule has 0 aliphatic carbocycles. The van der Waals surface area contributed by atoms with Crippen molar-refractivity contribution in [2.45, 2.75) is 47.2 Å². The fourth-order valence-corrected chi connectivity index (χ4v) is 1.50. The molecule has 8 heteroatoms. The zero-order valence-corrected chi connectivity index (χ0v) is 17.0. The van der Waals surface area contributed by atoms with Crippen molar-refractivity contribution in [2.75, 3.05) is 13.7 Å². The number of aromatic nitrogens is 3. The van der Waals surface area contributed by atoms with E-state index in [2.05, 4.69) is 32.1 Å². The van der Waals surface area contributed by atoms with Gasteiger partial charge in [-0.05, 0) is 5.57 Å². The number of halogens is 3. The number of nitrogens with zero attached hydrogens (tertiary/aromatic N) is 3. The first kappa shape index (κ1) is 29.4. The molecule has 0 saturated heterocycles. The Labute approximate surface area is 160 Å². The monoisotopic (exact) mass is 390 g/mol. The van der Waals surface area contributed by atoms with E-state index in [0.717, 1.165) is 10.3 Å². The molecule has 1 rings (SSSR count). The summed E-state index contributed by atoms with van der Waals surface area (Å²) in [7, 11) is 0.500. The number of hydrogen-bond donors (Lipinski definition) is 1. The van der Waals surface area contributed by atoms with Crippen molar-refractivity contribution in [1.82, 2.24) is 14.3 Å². The van der Waals surface area contributed by atoms with Crippen molar-refractivity contribution in [3.8, 4) is 0 Å². The molecule has 0 atom stereocenters. The van der Waals surface area contributed by atoms with Gasteiger partial charge in [0.25, 0.3) is 6.08 Å². The Morgan fingerprint density at radius 2 is 1.74 bits per heavy atom. The number of rotatable bonds is 7. The van der Waals surface area contributed by atoms with Gasteiger partial charge in [-0.25, -0.2) is 9.48 Å². The van der Waals surface area contributed by atoms with E-state index < -0.39 is 11.8 Å². The Morgan fingerprint density at radius 1 is 1.22 bits per heavy atom. The molecule has 0 bridgehead atoms. The second-order valence-electron chi connectivity index (χ2n) is 4.66. The van der Waals surface area contributed by atoms with Gasteiger partial charge in [-0.3, -0.25) is 8.96 Å². The van der Waals surface area contributed by atoms with Gasteiger partial charge in [0.15, 0.2) is 0 Å². The predicted molar refractivity (Wildman–Crippen MR) is 108 cm³/mol. The highest BCUT2D eigenvalue weighted by molar-refractivity contribution is 5.20. The minimum atomic E-state index is -1.88. The molecule has 0 aliphatic rings. The molecule has 0 aromatic carbocycles. The molecule has 0 amide bonds. The zero-order valence-electron chi connectivity index (χ0n) is 17.0. The fraction of sp³-hybridized carbons (Fsp3) is 0.474. The topological polar surface area (TPSA) is 65.8 Å². The Kier molecular flexibility index (Phi) is 21.8. The summed E-state index contributed by atoms with van der Waals surface area (Å²) in [4.78, 5) is 12.0. The van der Waals surface area contributed by atoms with Gasteiger partial charge in [0.05, 0.1) is 20.3 Å². The third kappa shape index (κ3) is 12.6. The molecule has 0 radical (unpaired) electrons. The standard InChI is InChI=1S/C13H16F2N4O.C3H8.C2H6.CH3F/c1-3-5-10(4-2)7-18-9-17-19(13(18)20)8-11(6-16)12(14)15;1-3-2;2*1-2/h3-5,9H,1-2,6-8,16H2;3H2,1-2H3;1-2H3;1H3/b10-5+;;;. The van der Waals surface area contributed by atoms with Gasteiger partial charge < -0.3 is 5.73 Å². The van der Waals surface area contributed by atoms with Crippen LogP contribution in [0.25, 0.3) is 0 Å². The van der Waals surface area contributed by atoms with E-state index in [-0.39, 0.29) is 25.2 Å². The van der Waals surface area contributed by atoms with Crippen molar-refractivity contribution < 1.29 is 13.2 Å². The molecule has 0 unspecified atom stereocenters. The van der Waals surface area contributed by atoms with Crippen LogP contribution in [0.5, 0.6) is 0 Å². The molecule has 27 heavy (non-hydrogen) atoms. The highest BCUT2D eigenvalue weighted by Gasteiger charge is 2.10. The minimum Gasteiger partial charge on any atom is -0.327 e. The molecule has 156 valence electrons.